The van der Waals surface area contributed by atoms with Crippen molar-refractivity contribution < 1.29 is 19.4 Å². The van der Waals surface area contributed by atoms with Gasteiger partial charge in [0.15, 0.2) is 0 Å². The molecule has 0 bridgehead atoms. The summed E-state index contributed by atoms with van der Waals surface area (Å²) in [5.41, 5.74) is 0. The van der Waals surface area contributed by atoms with Gasteiger partial charge in [-0.1, -0.05) is 20.3 Å². The van der Waals surface area contributed by atoms with Crippen LogP contribution in [-0.4, -0.2) is 42.9 Å². The quantitative estimate of drug-likeness (QED) is 0.598. The molecule has 4 unspecified atom stereocenters. The largest absolute Gasteiger partial charge is 0.480 e. The number of carbonyl (C=O) groups excluding carboxylic acids is 1. The van der Waals surface area contributed by atoms with Gasteiger partial charge in [0.05, 0.1) is 0 Å². The highest BCUT2D eigenvalue weighted by molar-refractivity contribution is 5.82. The summed E-state index contributed by atoms with van der Waals surface area (Å²) in [5, 5.41) is 14.6. The molecule has 0 heterocycles. The van der Waals surface area contributed by atoms with Crippen LogP contribution in [0, 0.1) is 11.8 Å². The van der Waals surface area contributed by atoms with Crippen LogP contribution >= 0.6 is 0 Å². The minimum absolute atomic E-state index is 0.142. The van der Waals surface area contributed by atoms with Crippen molar-refractivity contribution >= 4 is 12.0 Å². The van der Waals surface area contributed by atoms with Crippen molar-refractivity contribution in [2.45, 2.75) is 58.0 Å². The summed E-state index contributed by atoms with van der Waals surface area (Å²) in [7, 11) is 1.57. The average Bonchev–Trinajstić information content (AvgIpc) is 2.78. The standard InChI is InChI=1S/C15H28N2O4/c1-4-11-7-8-12(10(11)2)16-15(20)17-13(14(18)19)6-5-9-21-3/h10-13H,4-9H2,1-3H3,(H,18,19)(H2,16,17,20). The van der Waals surface area contributed by atoms with Gasteiger partial charge in [0.25, 0.3) is 0 Å². The molecular weight excluding hydrogens is 272 g/mol. The Labute approximate surface area is 126 Å². The first-order chi connectivity index (χ1) is 9.99. The Morgan fingerprint density at radius 1 is 1.38 bits per heavy atom. The molecule has 3 N–H and O–H groups in total. The zero-order valence-corrected chi connectivity index (χ0v) is 13.2. The molecule has 0 aliphatic heterocycles. The molecule has 0 saturated heterocycles. The number of nitrogens with one attached hydrogen (secondary N) is 2. The van der Waals surface area contributed by atoms with E-state index in [1.165, 1.54) is 0 Å². The summed E-state index contributed by atoms with van der Waals surface area (Å²) >= 11 is 0. The molecule has 2 amide bonds. The van der Waals surface area contributed by atoms with Crippen molar-refractivity contribution in [1.82, 2.24) is 10.6 Å². The lowest BCUT2D eigenvalue weighted by Crippen LogP contribution is -2.49. The van der Waals surface area contributed by atoms with E-state index in [1.54, 1.807) is 7.11 Å². The van der Waals surface area contributed by atoms with Crippen LogP contribution in [0.15, 0.2) is 0 Å². The lowest BCUT2D eigenvalue weighted by Gasteiger charge is -2.22. The van der Waals surface area contributed by atoms with Crippen LogP contribution < -0.4 is 10.6 Å². The summed E-state index contributed by atoms with van der Waals surface area (Å²) in [6.07, 6.45) is 4.18. The lowest BCUT2D eigenvalue weighted by atomic mass is 9.93. The van der Waals surface area contributed by atoms with Crippen LogP contribution in [0.25, 0.3) is 0 Å². The fourth-order valence-electron chi connectivity index (χ4n) is 3.08. The van der Waals surface area contributed by atoms with E-state index in [9.17, 15) is 9.59 Å². The molecule has 1 saturated carbocycles. The van der Waals surface area contributed by atoms with E-state index in [-0.39, 0.29) is 12.1 Å². The van der Waals surface area contributed by atoms with Gasteiger partial charge in [0.1, 0.15) is 6.04 Å². The highest BCUT2D eigenvalue weighted by atomic mass is 16.5. The van der Waals surface area contributed by atoms with E-state index in [0.29, 0.717) is 31.3 Å². The van der Waals surface area contributed by atoms with Gasteiger partial charge in [0.2, 0.25) is 0 Å². The highest BCUT2D eigenvalue weighted by Crippen LogP contribution is 2.33. The minimum atomic E-state index is -1.01. The summed E-state index contributed by atoms with van der Waals surface area (Å²) in [5.74, 6) is 0.0805. The van der Waals surface area contributed by atoms with Crippen molar-refractivity contribution in [2.24, 2.45) is 11.8 Å². The summed E-state index contributed by atoms with van der Waals surface area (Å²) in [4.78, 5) is 23.1. The highest BCUT2D eigenvalue weighted by Gasteiger charge is 2.33. The summed E-state index contributed by atoms with van der Waals surface area (Å²) < 4.78 is 4.90. The topological polar surface area (TPSA) is 87.7 Å². The summed E-state index contributed by atoms with van der Waals surface area (Å²) in [6.45, 7) is 4.81. The van der Waals surface area contributed by atoms with Gasteiger partial charge >= 0.3 is 12.0 Å². The molecule has 1 aliphatic rings. The molecule has 122 valence electrons. The molecule has 0 radical (unpaired) electrons. The van der Waals surface area contributed by atoms with Gasteiger partial charge in [-0.05, 0) is 37.5 Å². The minimum Gasteiger partial charge on any atom is -0.480 e. The van der Waals surface area contributed by atoms with Crippen molar-refractivity contribution in [3.05, 3.63) is 0 Å². The van der Waals surface area contributed by atoms with E-state index in [0.717, 1.165) is 19.3 Å². The molecule has 0 aromatic heterocycles. The monoisotopic (exact) mass is 300 g/mol. The van der Waals surface area contributed by atoms with Crippen LogP contribution in [0.1, 0.15) is 46.0 Å². The first-order valence-corrected chi connectivity index (χ1v) is 7.78. The van der Waals surface area contributed by atoms with E-state index < -0.39 is 12.0 Å². The van der Waals surface area contributed by atoms with Crippen molar-refractivity contribution in [1.29, 1.82) is 0 Å². The number of hydrogen-bond donors (Lipinski definition) is 3. The molecule has 4 atom stereocenters. The molecular formula is C15H28N2O4. The molecule has 1 fully saturated rings. The number of urea groups is 1. The van der Waals surface area contributed by atoms with E-state index >= 15 is 0 Å². The van der Waals surface area contributed by atoms with Crippen LogP contribution in [0.2, 0.25) is 0 Å². The van der Waals surface area contributed by atoms with Gasteiger partial charge in [-0.25, -0.2) is 9.59 Å². The van der Waals surface area contributed by atoms with Gasteiger partial charge in [-0.3, -0.25) is 0 Å². The van der Waals surface area contributed by atoms with Crippen LogP contribution in [-0.2, 0) is 9.53 Å². The smallest absolute Gasteiger partial charge is 0.326 e. The van der Waals surface area contributed by atoms with E-state index in [1.807, 2.05) is 0 Å². The number of carboxylic acids is 1. The second kappa shape index (κ2) is 8.87. The van der Waals surface area contributed by atoms with Gasteiger partial charge in [-0.2, -0.15) is 0 Å². The maximum Gasteiger partial charge on any atom is 0.326 e. The molecule has 0 spiro atoms. The Balaban J connectivity index is 2.41. The predicted molar refractivity (Wildman–Crippen MR) is 80.2 cm³/mol. The number of rotatable bonds is 8. The zero-order chi connectivity index (χ0) is 15.8. The van der Waals surface area contributed by atoms with E-state index in [2.05, 4.69) is 24.5 Å². The number of amides is 2. The number of aliphatic carboxylic acids is 1. The molecule has 6 nitrogen and oxygen atoms in total. The van der Waals surface area contributed by atoms with Crippen molar-refractivity contribution in [3.63, 3.8) is 0 Å². The number of carboxylic acid groups (broad SMARTS) is 1. The second-order valence-corrected chi connectivity index (χ2v) is 5.85. The molecule has 21 heavy (non-hydrogen) atoms. The SMILES string of the molecule is CCC1CCC(NC(=O)NC(CCCOC)C(=O)O)C1C. The van der Waals surface area contributed by atoms with Crippen molar-refractivity contribution in [2.75, 3.05) is 13.7 Å². The maximum absolute atomic E-state index is 12.0. The molecule has 0 aromatic carbocycles. The zero-order valence-electron chi connectivity index (χ0n) is 13.2. The third-order valence-corrected chi connectivity index (χ3v) is 4.51. The Kier molecular flexibility index (Phi) is 7.50. The number of methoxy groups -OCH3 is 1. The van der Waals surface area contributed by atoms with Gasteiger partial charge in [0, 0.05) is 19.8 Å². The van der Waals surface area contributed by atoms with Crippen molar-refractivity contribution in [3.8, 4) is 0 Å². The molecule has 1 rings (SSSR count). The first kappa shape index (κ1) is 17.8. The van der Waals surface area contributed by atoms with Gasteiger partial charge in [-0.15, -0.1) is 0 Å². The Bertz CT molecular complexity index is 349. The third-order valence-electron chi connectivity index (χ3n) is 4.51. The molecule has 1 aliphatic carbocycles. The molecule has 6 heteroatoms. The Morgan fingerprint density at radius 2 is 2.10 bits per heavy atom. The fraction of sp³-hybridized carbons (Fsp3) is 0.867. The van der Waals surface area contributed by atoms with Crippen LogP contribution in [0.3, 0.4) is 0 Å². The lowest BCUT2D eigenvalue weighted by molar-refractivity contribution is -0.139. The first-order valence-electron chi connectivity index (χ1n) is 7.78. The summed E-state index contributed by atoms with van der Waals surface area (Å²) in [6, 6.07) is -1.10. The number of carbonyl (C=O) groups is 2. The van der Waals surface area contributed by atoms with E-state index in [4.69, 9.17) is 9.84 Å². The Hall–Kier alpha value is -1.30. The number of ether oxygens (including phenoxy) is 1. The predicted octanol–water partition coefficient (Wildman–Crippen LogP) is 1.99. The average molecular weight is 300 g/mol. The van der Waals surface area contributed by atoms with Gasteiger partial charge < -0.3 is 20.5 Å². The second-order valence-electron chi connectivity index (χ2n) is 5.85. The third kappa shape index (κ3) is 5.53. The Morgan fingerprint density at radius 3 is 2.62 bits per heavy atom. The maximum atomic E-state index is 12.0. The fourth-order valence-corrected chi connectivity index (χ4v) is 3.08. The normalized spacial score (nSPS) is 26.3. The number of hydrogen-bond acceptors (Lipinski definition) is 3. The van der Waals surface area contributed by atoms with Crippen LogP contribution in [0.5, 0.6) is 0 Å². The van der Waals surface area contributed by atoms with Crippen LogP contribution in [0.4, 0.5) is 4.79 Å². The molecule has 0 aromatic rings.